The molecule has 112 valence electrons. The first-order chi connectivity index (χ1) is 10.1. The number of pyridine rings is 1. The molecule has 0 spiro atoms. The number of rotatable bonds is 3. The Morgan fingerprint density at radius 2 is 1.90 bits per heavy atom. The van der Waals surface area contributed by atoms with Crippen LogP contribution in [0.5, 0.6) is 5.75 Å². The summed E-state index contributed by atoms with van der Waals surface area (Å²) in [6.45, 7) is 1.23. The molecule has 2 N–H and O–H groups in total. The SMILES string of the molecule is O=C(NC1CCN(C(=O)c2cncc(O)c2)CC1)C1CC1. The number of aromatic nitrogens is 1. The van der Waals surface area contributed by atoms with Gasteiger partial charge in [0.25, 0.3) is 5.91 Å². The summed E-state index contributed by atoms with van der Waals surface area (Å²) < 4.78 is 0. The first-order valence-electron chi connectivity index (χ1n) is 7.37. The van der Waals surface area contributed by atoms with Crippen molar-refractivity contribution in [3.63, 3.8) is 0 Å². The third-order valence-electron chi connectivity index (χ3n) is 4.05. The Labute approximate surface area is 123 Å². The van der Waals surface area contributed by atoms with Crippen LogP contribution < -0.4 is 5.32 Å². The molecule has 1 aliphatic carbocycles. The van der Waals surface area contributed by atoms with Crippen molar-refractivity contribution in [1.82, 2.24) is 15.2 Å². The minimum absolute atomic E-state index is 0.00701. The van der Waals surface area contributed by atoms with E-state index in [1.807, 2.05) is 0 Å². The molecule has 0 bridgehead atoms. The minimum Gasteiger partial charge on any atom is -0.506 e. The average molecular weight is 289 g/mol. The quantitative estimate of drug-likeness (QED) is 0.866. The van der Waals surface area contributed by atoms with Crippen LogP contribution in [0.2, 0.25) is 0 Å². The van der Waals surface area contributed by atoms with Gasteiger partial charge in [0.2, 0.25) is 5.91 Å². The highest BCUT2D eigenvalue weighted by Gasteiger charge is 2.32. The van der Waals surface area contributed by atoms with Crippen molar-refractivity contribution in [2.45, 2.75) is 31.7 Å². The molecule has 0 radical (unpaired) electrons. The van der Waals surface area contributed by atoms with Crippen molar-refractivity contribution >= 4 is 11.8 Å². The summed E-state index contributed by atoms with van der Waals surface area (Å²) in [6, 6.07) is 1.60. The van der Waals surface area contributed by atoms with E-state index in [2.05, 4.69) is 10.3 Å². The van der Waals surface area contributed by atoms with Crippen LogP contribution in [0.1, 0.15) is 36.0 Å². The third-order valence-corrected chi connectivity index (χ3v) is 4.05. The number of carbonyl (C=O) groups is 2. The van der Waals surface area contributed by atoms with E-state index in [0.717, 1.165) is 25.7 Å². The van der Waals surface area contributed by atoms with Crippen LogP contribution in [0.4, 0.5) is 0 Å². The van der Waals surface area contributed by atoms with Gasteiger partial charge < -0.3 is 15.3 Å². The normalized spacial score (nSPS) is 19.3. The maximum atomic E-state index is 12.3. The van der Waals surface area contributed by atoms with Gasteiger partial charge in [0.1, 0.15) is 5.75 Å². The first kappa shape index (κ1) is 13.9. The molecule has 6 heteroatoms. The van der Waals surface area contributed by atoms with Gasteiger partial charge in [-0.1, -0.05) is 0 Å². The number of nitrogens with one attached hydrogen (secondary N) is 1. The van der Waals surface area contributed by atoms with E-state index < -0.39 is 0 Å². The lowest BCUT2D eigenvalue weighted by molar-refractivity contribution is -0.123. The van der Waals surface area contributed by atoms with E-state index in [9.17, 15) is 14.7 Å². The molecule has 1 saturated heterocycles. The van der Waals surface area contributed by atoms with Crippen molar-refractivity contribution in [1.29, 1.82) is 0 Å². The average Bonchev–Trinajstić information content (AvgIpc) is 3.32. The lowest BCUT2D eigenvalue weighted by Crippen LogP contribution is -2.46. The van der Waals surface area contributed by atoms with E-state index in [1.165, 1.54) is 18.5 Å². The molecule has 2 amide bonds. The molecule has 6 nitrogen and oxygen atoms in total. The van der Waals surface area contributed by atoms with Crippen molar-refractivity contribution in [3.05, 3.63) is 24.0 Å². The Bertz CT molecular complexity index is 549. The second-order valence-electron chi connectivity index (χ2n) is 5.78. The highest BCUT2D eigenvalue weighted by molar-refractivity contribution is 5.94. The maximum absolute atomic E-state index is 12.3. The zero-order chi connectivity index (χ0) is 14.8. The molecule has 0 atom stereocenters. The summed E-state index contributed by atoms with van der Waals surface area (Å²) >= 11 is 0. The number of carbonyl (C=O) groups excluding carboxylic acids is 2. The van der Waals surface area contributed by atoms with Gasteiger partial charge in [-0.15, -0.1) is 0 Å². The first-order valence-corrected chi connectivity index (χ1v) is 7.37. The van der Waals surface area contributed by atoms with Crippen LogP contribution >= 0.6 is 0 Å². The third kappa shape index (κ3) is 3.32. The van der Waals surface area contributed by atoms with Crippen molar-refractivity contribution < 1.29 is 14.7 Å². The van der Waals surface area contributed by atoms with E-state index in [-0.39, 0.29) is 29.5 Å². The van der Waals surface area contributed by atoms with Gasteiger partial charge in [0.15, 0.2) is 0 Å². The van der Waals surface area contributed by atoms with Crippen molar-refractivity contribution in [2.24, 2.45) is 5.92 Å². The van der Waals surface area contributed by atoms with E-state index >= 15 is 0 Å². The van der Waals surface area contributed by atoms with Gasteiger partial charge in [0, 0.05) is 31.2 Å². The molecule has 2 heterocycles. The second-order valence-corrected chi connectivity index (χ2v) is 5.78. The number of hydrogen-bond acceptors (Lipinski definition) is 4. The number of hydrogen-bond donors (Lipinski definition) is 2. The summed E-state index contributed by atoms with van der Waals surface area (Å²) in [5.41, 5.74) is 0.399. The predicted molar refractivity (Wildman–Crippen MR) is 75.7 cm³/mol. The largest absolute Gasteiger partial charge is 0.506 e. The molecule has 1 saturated carbocycles. The molecule has 2 fully saturated rings. The molecule has 1 aliphatic heterocycles. The molecular formula is C15H19N3O3. The summed E-state index contributed by atoms with van der Waals surface area (Å²) in [6.07, 6.45) is 6.33. The van der Waals surface area contributed by atoms with Crippen LogP contribution in [0.15, 0.2) is 18.5 Å². The number of amides is 2. The van der Waals surface area contributed by atoms with Gasteiger partial charge in [-0.05, 0) is 31.7 Å². The van der Waals surface area contributed by atoms with Crippen LogP contribution in [0.25, 0.3) is 0 Å². The van der Waals surface area contributed by atoms with E-state index in [4.69, 9.17) is 0 Å². The Hall–Kier alpha value is -2.11. The van der Waals surface area contributed by atoms with Gasteiger partial charge in [-0.3, -0.25) is 14.6 Å². The smallest absolute Gasteiger partial charge is 0.255 e. The highest BCUT2D eigenvalue weighted by atomic mass is 16.3. The fourth-order valence-electron chi connectivity index (χ4n) is 2.62. The fraction of sp³-hybridized carbons (Fsp3) is 0.533. The van der Waals surface area contributed by atoms with Crippen LogP contribution in [-0.2, 0) is 4.79 Å². The monoisotopic (exact) mass is 289 g/mol. The molecule has 0 aromatic carbocycles. The number of aromatic hydroxyl groups is 1. The lowest BCUT2D eigenvalue weighted by Gasteiger charge is -2.32. The summed E-state index contributed by atoms with van der Waals surface area (Å²) in [4.78, 5) is 29.6. The Kier molecular flexibility index (Phi) is 3.77. The predicted octanol–water partition coefficient (Wildman–Crippen LogP) is 0.918. The van der Waals surface area contributed by atoms with Crippen molar-refractivity contribution in [2.75, 3.05) is 13.1 Å². The zero-order valence-electron chi connectivity index (χ0n) is 11.8. The number of piperidine rings is 1. The van der Waals surface area contributed by atoms with Gasteiger partial charge >= 0.3 is 0 Å². The topological polar surface area (TPSA) is 82.5 Å². The second kappa shape index (κ2) is 5.71. The molecule has 0 unspecified atom stereocenters. The summed E-state index contributed by atoms with van der Waals surface area (Å²) in [7, 11) is 0. The highest BCUT2D eigenvalue weighted by Crippen LogP contribution is 2.29. The summed E-state index contributed by atoms with van der Waals surface area (Å²) in [5.74, 6) is 0.262. The van der Waals surface area contributed by atoms with E-state index in [0.29, 0.717) is 18.7 Å². The van der Waals surface area contributed by atoms with Gasteiger partial charge in [-0.25, -0.2) is 0 Å². The molecule has 1 aromatic heterocycles. The molecule has 21 heavy (non-hydrogen) atoms. The minimum atomic E-state index is -0.120. The maximum Gasteiger partial charge on any atom is 0.255 e. The number of likely N-dealkylation sites (tertiary alicyclic amines) is 1. The van der Waals surface area contributed by atoms with Gasteiger partial charge in [-0.2, -0.15) is 0 Å². The number of nitrogens with zero attached hydrogens (tertiary/aromatic N) is 2. The Morgan fingerprint density at radius 3 is 2.52 bits per heavy atom. The molecule has 3 rings (SSSR count). The molecule has 2 aliphatic rings. The lowest BCUT2D eigenvalue weighted by atomic mass is 10.0. The Balaban J connectivity index is 1.53. The zero-order valence-corrected chi connectivity index (χ0v) is 11.8. The van der Waals surface area contributed by atoms with E-state index in [1.54, 1.807) is 4.90 Å². The standard InChI is InChI=1S/C15H19N3O3/c19-13-7-11(8-16-9-13)15(21)18-5-3-12(4-6-18)17-14(20)10-1-2-10/h7-10,12,19H,1-6H2,(H,17,20). The molecule has 1 aromatic rings. The van der Waals surface area contributed by atoms with Gasteiger partial charge in [0.05, 0.1) is 11.8 Å². The van der Waals surface area contributed by atoms with Crippen LogP contribution in [0, 0.1) is 5.92 Å². The van der Waals surface area contributed by atoms with Crippen LogP contribution in [-0.4, -0.2) is 45.9 Å². The van der Waals surface area contributed by atoms with Crippen molar-refractivity contribution in [3.8, 4) is 5.75 Å². The summed E-state index contributed by atoms with van der Waals surface area (Å²) in [5, 5.41) is 12.4. The Morgan fingerprint density at radius 1 is 1.19 bits per heavy atom. The fourth-order valence-corrected chi connectivity index (χ4v) is 2.62. The molecular weight excluding hydrogens is 270 g/mol. The van der Waals surface area contributed by atoms with Crippen LogP contribution in [0.3, 0.4) is 0 Å².